The average molecular weight is 355 g/mol. The van der Waals surface area contributed by atoms with Crippen molar-refractivity contribution in [1.29, 1.82) is 0 Å². The number of rotatable bonds is 4. The van der Waals surface area contributed by atoms with Crippen molar-refractivity contribution < 1.29 is 9.73 Å². The van der Waals surface area contributed by atoms with Crippen LogP contribution in [0.15, 0.2) is 57.7 Å². The quantitative estimate of drug-likeness (QED) is 0.591. The molecule has 2 aromatic heterocycles. The summed E-state index contributed by atoms with van der Waals surface area (Å²) in [7, 11) is 0. The molecule has 0 fully saturated rings. The molecule has 2 aromatic carbocycles. The van der Waals surface area contributed by atoms with Crippen LogP contribution in [-0.4, -0.2) is 9.97 Å². The van der Waals surface area contributed by atoms with E-state index >= 15 is 0 Å². The number of hydrogen-bond acceptors (Lipinski definition) is 3. The van der Waals surface area contributed by atoms with E-state index in [9.17, 15) is 4.79 Å². The van der Waals surface area contributed by atoms with Gasteiger partial charge in [0.05, 0.1) is 0 Å². The Morgan fingerprint density at radius 3 is 2.76 bits per heavy atom. The molecule has 3 N–H and O–H groups in total. The second kappa shape index (κ2) is 6.35. The lowest BCUT2D eigenvalue weighted by molar-refractivity contribution is -0.708. The lowest BCUT2D eigenvalue weighted by Gasteiger charge is -2.10. The predicted octanol–water partition coefficient (Wildman–Crippen LogP) is 3.15. The topological polar surface area (TPSA) is 75.5 Å². The summed E-state index contributed by atoms with van der Waals surface area (Å²) < 4.78 is 5.62. The van der Waals surface area contributed by atoms with Gasteiger partial charge in [0, 0.05) is 16.0 Å². The van der Waals surface area contributed by atoms with Crippen molar-refractivity contribution in [2.24, 2.45) is 0 Å². The van der Waals surface area contributed by atoms with Crippen LogP contribution in [0.1, 0.15) is 24.4 Å². The third-order valence-corrected chi connectivity index (χ3v) is 4.59. The van der Waals surface area contributed by atoms with Gasteiger partial charge >= 0.3 is 0 Å². The van der Waals surface area contributed by atoms with E-state index in [2.05, 4.69) is 22.2 Å². The summed E-state index contributed by atoms with van der Waals surface area (Å²) in [6.45, 7) is 2.67. The average Bonchev–Trinajstić information content (AvgIpc) is 3.00. The maximum absolute atomic E-state index is 12.3. The molecule has 0 aliphatic carbocycles. The summed E-state index contributed by atoms with van der Waals surface area (Å²) in [5.74, 6) is 0.630. The van der Waals surface area contributed by atoms with Gasteiger partial charge in [-0.15, -0.1) is 0 Å². The van der Waals surface area contributed by atoms with E-state index in [0.717, 1.165) is 10.4 Å². The molecule has 0 spiro atoms. The third kappa shape index (κ3) is 3.04. The van der Waals surface area contributed by atoms with Crippen LogP contribution in [0.3, 0.4) is 0 Å². The van der Waals surface area contributed by atoms with E-state index < -0.39 is 0 Å². The van der Waals surface area contributed by atoms with Crippen LogP contribution in [0, 0.1) is 0 Å². The Balaban J connectivity index is 1.62. The lowest BCUT2D eigenvalue weighted by atomic mass is 10.1. The Hall–Kier alpha value is -2.63. The molecular weight excluding hydrogens is 338 g/mol. The van der Waals surface area contributed by atoms with Crippen molar-refractivity contribution in [3.05, 3.63) is 75.3 Å². The standard InChI is InChI=1S/C19H16ClN3O2/c1-11(12-6-8-13(20)9-7-12)21-10-16-22-17-14-4-2-3-5-15(14)25-18(17)19(24)23-16/h2-9,11,21H,10H2,1H3,(H,22,23,24)/p+1/t11-/m0/s1. The Labute approximate surface area is 148 Å². The highest BCUT2D eigenvalue weighted by molar-refractivity contribution is 6.30. The smallest absolute Gasteiger partial charge is 0.294 e. The van der Waals surface area contributed by atoms with Crippen molar-refractivity contribution in [3.63, 3.8) is 0 Å². The van der Waals surface area contributed by atoms with Crippen LogP contribution < -0.4 is 10.9 Å². The van der Waals surface area contributed by atoms with E-state index in [1.807, 2.05) is 48.5 Å². The SMILES string of the molecule is C[C@H]([NH2+]Cc1nc2c(oc3ccccc32)c(=O)[nH]1)c1ccc(Cl)cc1. The van der Waals surface area contributed by atoms with Crippen molar-refractivity contribution in [3.8, 4) is 0 Å². The van der Waals surface area contributed by atoms with E-state index in [4.69, 9.17) is 16.0 Å². The molecule has 5 nitrogen and oxygen atoms in total. The minimum Gasteiger partial charge on any atom is -0.449 e. The molecule has 0 bridgehead atoms. The molecule has 6 heteroatoms. The number of aromatic nitrogens is 2. The Kier molecular flexibility index (Phi) is 4.03. The van der Waals surface area contributed by atoms with Crippen molar-refractivity contribution >= 4 is 33.7 Å². The van der Waals surface area contributed by atoms with Gasteiger partial charge in [0.1, 0.15) is 23.7 Å². The first-order valence-corrected chi connectivity index (χ1v) is 8.49. The van der Waals surface area contributed by atoms with Gasteiger partial charge in [-0.05, 0) is 31.2 Å². The number of benzene rings is 2. The van der Waals surface area contributed by atoms with Crippen LogP contribution >= 0.6 is 11.6 Å². The molecule has 0 aliphatic rings. The first-order valence-electron chi connectivity index (χ1n) is 8.11. The van der Waals surface area contributed by atoms with Gasteiger partial charge in [0.15, 0.2) is 5.82 Å². The number of H-pyrrole nitrogens is 1. The number of furan rings is 1. The van der Waals surface area contributed by atoms with E-state index in [0.29, 0.717) is 23.5 Å². The summed E-state index contributed by atoms with van der Waals surface area (Å²) in [6.07, 6.45) is 0. The van der Waals surface area contributed by atoms with Gasteiger partial charge < -0.3 is 14.7 Å². The third-order valence-electron chi connectivity index (χ3n) is 4.34. The molecule has 0 radical (unpaired) electrons. The largest absolute Gasteiger partial charge is 0.449 e. The van der Waals surface area contributed by atoms with Crippen LogP contribution in [-0.2, 0) is 6.54 Å². The molecule has 0 aliphatic heterocycles. The minimum atomic E-state index is -0.247. The summed E-state index contributed by atoms with van der Waals surface area (Å²) >= 11 is 5.93. The number of nitrogens with zero attached hydrogens (tertiary/aromatic N) is 1. The maximum atomic E-state index is 12.3. The van der Waals surface area contributed by atoms with Crippen LogP contribution in [0.5, 0.6) is 0 Å². The van der Waals surface area contributed by atoms with Crippen molar-refractivity contribution in [2.45, 2.75) is 19.5 Å². The second-order valence-electron chi connectivity index (χ2n) is 6.07. The predicted molar refractivity (Wildman–Crippen MR) is 97.6 cm³/mol. The van der Waals surface area contributed by atoms with Crippen LogP contribution in [0.2, 0.25) is 5.02 Å². The molecule has 1 atom stereocenters. The number of nitrogens with one attached hydrogen (secondary N) is 1. The van der Waals surface area contributed by atoms with Crippen LogP contribution in [0.25, 0.3) is 22.1 Å². The normalized spacial score (nSPS) is 12.7. The zero-order valence-corrected chi connectivity index (χ0v) is 14.4. The highest BCUT2D eigenvalue weighted by Crippen LogP contribution is 2.24. The van der Waals surface area contributed by atoms with Gasteiger partial charge in [-0.3, -0.25) is 4.79 Å². The van der Waals surface area contributed by atoms with Crippen molar-refractivity contribution in [2.75, 3.05) is 0 Å². The molecule has 2 heterocycles. The number of halogens is 1. The summed E-state index contributed by atoms with van der Waals surface area (Å²) in [5.41, 5.74) is 2.48. The summed E-state index contributed by atoms with van der Waals surface area (Å²) in [6, 6.07) is 15.5. The molecule has 0 unspecified atom stereocenters. The number of quaternary nitrogens is 1. The molecule has 126 valence electrons. The second-order valence-corrected chi connectivity index (χ2v) is 6.51. The maximum Gasteiger partial charge on any atom is 0.294 e. The number of fused-ring (bicyclic) bond motifs is 3. The highest BCUT2D eigenvalue weighted by Gasteiger charge is 2.15. The van der Waals surface area contributed by atoms with Crippen molar-refractivity contribution in [1.82, 2.24) is 9.97 Å². The monoisotopic (exact) mass is 354 g/mol. The van der Waals surface area contributed by atoms with E-state index in [-0.39, 0.29) is 17.2 Å². The zero-order chi connectivity index (χ0) is 17.4. The zero-order valence-electron chi connectivity index (χ0n) is 13.6. The van der Waals surface area contributed by atoms with E-state index in [1.165, 1.54) is 5.56 Å². The number of aromatic amines is 1. The molecule has 0 saturated heterocycles. The van der Waals surface area contributed by atoms with Gasteiger partial charge in [-0.1, -0.05) is 35.9 Å². The number of para-hydroxylation sites is 1. The first-order chi connectivity index (χ1) is 12.1. The summed E-state index contributed by atoms with van der Waals surface area (Å²) in [5, 5.41) is 3.70. The minimum absolute atomic E-state index is 0.222. The fraction of sp³-hybridized carbons (Fsp3) is 0.158. The molecule has 0 amide bonds. The van der Waals surface area contributed by atoms with Gasteiger partial charge in [0.25, 0.3) is 5.56 Å². The Bertz CT molecular complexity index is 1100. The van der Waals surface area contributed by atoms with Gasteiger partial charge in [-0.2, -0.15) is 0 Å². The number of hydrogen-bond donors (Lipinski definition) is 2. The van der Waals surface area contributed by atoms with Gasteiger partial charge in [-0.25, -0.2) is 4.98 Å². The first kappa shape index (κ1) is 15.9. The highest BCUT2D eigenvalue weighted by atomic mass is 35.5. The van der Waals surface area contributed by atoms with E-state index in [1.54, 1.807) is 0 Å². The Morgan fingerprint density at radius 2 is 1.96 bits per heavy atom. The fourth-order valence-corrected chi connectivity index (χ4v) is 3.06. The van der Waals surface area contributed by atoms with Gasteiger partial charge in [0.2, 0.25) is 5.58 Å². The number of nitrogens with two attached hydrogens (primary N) is 1. The lowest BCUT2D eigenvalue weighted by Crippen LogP contribution is -2.83. The fourth-order valence-electron chi connectivity index (χ4n) is 2.93. The molecule has 4 aromatic rings. The molecular formula is C19H17ClN3O2+. The summed E-state index contributed by atoms with van der Waals surface area (Å²) in [4.78, 5) is 19.7. The Morgan fingerprint density at radius 1 is 1.20 bits per heavy atom. The molecule has 4 rings (SSSR count). The molecule has 25 heavy (non-hydrogen) atoms. The molecule has 0 saturated carbocycles. The van der Waals surface area contributed by atoms with Crippen LogP contribution in [0.4, 0.5) is 0 Å².